The van der Waals surface area contributed by atoms with Crippen molar-refractivity contribution in [2.24, 2.45) is 0 Å². The van der Waals surface area contributed by atoms with Crippen LogP contribution >= 0.6 is 35.0 Å². The minimum atomic E-state index is 0.458. The summed E-state index contributed by atoms with van der Waals surface area (Å²) in [6.45, 7) is 1.76. The SMILES string of the molecule is Cc1nnc(CSc2nnc(-c3cccc(N(C)C)c3)n2-c2ccc(Cl)c(Cl)c2)o1. The van der Waals surface area contributed by atoms with Crippen molar-refractivity contribution in [3.63, 3.8) is 0 Å². The van der Waals surface area contributed by atoms with Crippen molar-refractivity contribution in [3.05, 3.63) is 64.3 Å². The van der Waals surface area contributed by atoms with Gasteiger partial charge in [-0.15, -0.1) is 20.4 Å². The van der Waals surface area contributed by atoms with Crippen molar-refractivity contribution in [3.8, 4) is 17.1 Å². The highest BCUT2D eigenvalue weighted by Gasteiger charge is 2.18. The molecule has 0 aliphatic carbocycles. The van der Waals surface area contributed by atoms with Gasteiger partial charge in [-0.2, -0.15) is 0 Å². The molecule has 154 valence electrons. The van der Waals surface area contributed by atoms with E-state index in [1.54, 1.807) is 19.1 Å². The summed E-state index contributed by atoms with van der Waals surface area (Å²) < 4.78 is 7.42. The summed E-state index contributed by atoms with van der Waals surface area (Å²) in [5.41, 5.74) is 2.80. The van der Waals surface area contributed by atoms with E-state index in [1.165, 1.54) is 11.8 Å². The average Bonchev–Trinajstić information content (AvgIpc) is 3.34. The molecular formula is C20H18Cl2N6OS. The van der Waals surface area contributed by atoms with Crippen LogP contribution in [0.25, 0.3) is 17.1 Å². The second-order valence-corrected chi connectivity index (χ2v) is 8.45. The van der Waals surface area contributed by atoms with Crippen LogP contribution in [-0.2, 0) is 5.75 Å². The van der Waals surface area contributed by atoms with Crippen LogP contribution < -0.4 is 4.90 Å². The molecule has 10 heteroatoms. The molecule has 0 unspecified atom stereocenters. The zero-order chi connectivity index (χ0) is 21.3. The van der Waals surface area contributed by atoms with Crippen LogP contribution in [0.3, 0.4) is 0 Å². The molecule has 2 aromatic heterocycles. The summed E-state index contributed by atoms with van der Waals surface area (Å²) in [6.07, 6.45) is 0. The molecule has 2 aromatic carbocycles. The van der Waals surface area contributed by atoms with Crippen molar-refractivity contribution >= 4 is 40.7 Å². The molecule has 4 rings (SSSR count). The number of thioether (sulfide) groups is 1. The van der Waals surface area contributed by atoms with E-state index < -0.39 is 0 Å². The Balaban J connectivity index is 1.79. The first-order valence-corrected chi connectivity index (χ1v) is 10.8. The normalized spacial score (nSPS) is 11.1. The molecule has 0 atom stereocenters. The number of aromatic nitrogens is 5. The Hall–Kier alpha value is -2.55. The van der Waals surface area contributed by atoms with Crippen LogP contribution in [0.2, 0.25) is 10.0 Å². The molecule has 2 heterocycles. The van der Waals surface area contributed by atoms with E-state index in [1.807, 2.05) is 47.8 Å². The summed E-state index contributed by atoms with van der Waals surface area (Å²) in [5.74, 6) is 2.22. The zero-order valence-corrected chi connectivity index (χ0v) is 18.8. The quantitative estimate of drug-likeness (QED) is 0.361. The van der Waals surface area contributed by atoms with Crippen LogP contribution in [0.5, 0.6) is 0 Å². The fraction of sp³-hybridized carbons (Fsp3) is 0.200. The van der Waals surface area contributed by atoms with Gasteiger partial charge in [0.1, 0.15) is 0 Å². The lowest BCUT2D eigenvalue weighted by atomic mass is 10.1. The van der Waals surface area contributed by atoms with E-state index in [0.717, 1.165) is 16.9 Å². The molecule has 7 nitrogen and oxygen atoms in total. The number of rotatable bonds is 6. The van der Waals surface area contributed by atoms with E-state index in [2.05, 4.69) is 26.5 Å². The molecule has 0 amide bonds. The van der Waals surface area contributed by atoms with E-state index in [9.17, 15) is 0 Å². The maximum absolute atomic E-state index is 6.29. The lowest BCUT2D eigenvalue weighted by molar-refractivity contribution is 0.485. The summed E-state index contributed by atoms with van der Waals surface area (Å²) in [4.78, 5) is 2.04. The van der Waals surface area contributed by atoms with Gasteiger partial charge in [0.05, 0.1) is 21.5 Å². The minimum absolute atomic E-state index is 0.458. The molecule has 0 aliphatic rings. The molecule has 4 aromatic rings. The van der Waals surface area contributed by atoms with Gasteiger partial charge in [-0.05, 0) is 30.3 Å². The third kappa shape index (κ3) is 4.30. The van der Waals surface area contributed by atoms with Gasteiger partial charge < -0.3 is 9.32 Å². The number of anilines is 1. The number of aryl methyl sites for hydroxylation is 1. The highest BCUT2D eigenvalue weighted by Crippen LogP contribution is 2.33. The molecule has 0 N–H and O–H groups in total. The van der Waals surface area contributed by atoms with Crippen molar-refractivity contribution in [2.45, 2.75) is 17.8 Å². The summed E-state index contributed by atoms with van der Waals surface area (Å²) in [7, 11) is 3.99. The molecule has 0 saturated carbocycles. The molecule has 0 fully saturated rings. The van der Waals surface area contributed by atoms with E-state index in [0.29, 0.717) is 38.6 Å². The van der Waals surface area contributed by atoms with Crippen LogP contribution in [0.15, 0.2) is 52.0 Å². The van der Waals surface area contributed by atoms with E-state index in [4.69, 9.17) is 27.6 Å². The Kier molecular flexibility index (Phi) is 5.99. The largest absolute Gasteiger partial charge is 0.425 e. The van der Waals surface area contributed by atoms with Gasteiger partial charge in [-0.25, -0.2) is 0 Å². The second-order valence-electron chi connectivity index (χ2n) is 6.69. The van der Waals surface area contributed by atoms with E-state index >= 15 is 0 Å². The van der Waals surface area contributed by atoms with Gasteiger partial charge in [0.25, 0.3) is 0 Å². The third-order valence-corrected chi connectivity index (χ3v) is 5.96. The minimum Gasteiger partial charge on any atom is -0.425 e. The van der Waals surface area contributed by atoms with E-state index in [-0.39, 0.29) is 0 Å². The smallest absolute Gasteiger partial charge is 0.226 e. The van der Waals surface area contributed by atoms with Crippen molar-refractivity contribution in [1.82, 2.24) is 25.0 Å². The molecule has 0 spiro atoms. The van der Waals surface area contributed by atoms with Gasteiger partial charge >= 0.3 is 0 Å². The predicted octanol–water partition coefficient (Wildman–Crippen LogP) is 5.29. The van der Waals surface area contributed by atoms with Crippen LogP contribution in [0.4, 0.5) is 5.69 Å². The Labute approximate surface area is 188 Å². The molecule has 0 radical (unpaired) electrons. The maximum atomic E-state index is 6.29. The monoisotopic (exact) mass is 460 g/mol. The Morgan fingerprint density at radius 2 is 1.83 bits per heavy atom. The Morgan fingerprint density at radius 3 is 2.53 bits per heavy atom. The molecule has 0 bridgehead atoms. The first-order valence-electron chi connectivity index (χ1n) is 9.03. The fourth-order valence-electron chi connectivity index (χ4n) is 2.85. The second kappa shape index (κ2) is 8.67. The number of hydrogen-bond donors (Lipinski definition) is 0. The number of hydrogen-bond acceptors (Lipinski definition) is 7. The maximum Gasteiger partial charge on any atom is 0.226 e. The fourth-order valence-corrected chi connectivity index (χ4v) is 3.93. The summed E-state index contributed by atoms with van der Waals surface area (Å²) in [5, 5.41) is 18.4. The summed E-state index contributed by atoms with van der Waals surface area (Å²) >= 11 is 13.9. The van der Waals surface area contributed by atoms with Crippen molar-refractivity contribution in [1.29, 1.82) is 0 Å². The van der Waals surface area contributed by atoms with Gasteiger partial charge in [0, 0.05) is 32.3 Å². The van der Waals surface area contributed by atoms with Crippen molar-refractivity contribution in [2.75, 3.05) is 19.0 Å². The van der Waals surface area contributed by atoms with Gasteiger partial charge in [0.15, 0.2) is 11.0 Å². The Bertz CT molecular complexity index is 1190. The van der Waals surface area contributed by atoms with Crippen LogP contribution in [0.1, 0.15) is 11.8 Å². The number of nitrogens with zero attached hydrogens (tertiary/aromatic N) is 6. The zero-order valence-electron chi connectivity index (χ0n) is 16.5. The highest BCUT2D eigenvalue weighted by atomic mass is 35.5. The van der Waals surface area contributed by atoms with Gasteiger partial charge in [0.2, 0.25) is 11.8 Å². The Morgan fingerprint density at radius 1 is 1.00 bits per heavy atom. The highest BCUT2D eigenvalue weighted by molar-refractivity contribution is 7.98. The van der Waals surface area contributed by atoms with Crippen molar-refractivity contribution < 1.29 is 4.42 Å². The molecule has 0 saturated heterocycles. The third-order valence-electron chi connectivity index (χ3n) is 4.31. The number of halogens is 2. The molecular weight excluding hydrogens is 443 g/mol. The summed E-state index contributed by atoms with van der Waals surface area (Å²) in [6, 6.07) is 13.5. The van der Waals surface area contributed by atoms with Crippen LogP contribution in [0, 0.1) is 6.92 Å². The topological polar surface area (TPSA) is 72.9 Å². The molecule has 30 heavy (non-hydrogen) atoms. The first kappa shape index (κ1) is 20.7. The lowest BCUT2D eigenvalue weighted by Gasteiger charge is -2.15. The number of benzene rings is 2. The lowest BCUT2D eigenvalue weighted by Crippen LogP contribution is -2.08. The van der Waals surface area contributed by atoms with Gasteiger partial charge in [-0.3, -0.25) is 4.57 Å². The first-order chi connectivity index (χ1) is 14.4. The van der Waals surface area contributed by atoms with Crippen LogP contribution in [-0.4, -0.2) is 39.1 Å². The van der Waals surface area contributed by atoms with Gasteiger partial charge in [-0.1, -0.05) is 47.1 Å². The molecule has 0 aliphatic heterocycles. The average molecular weight is 461 g/mol. The predicted molar refractivity (Wildman–Crippen MR) is 120 cm³/mol. The standard InChI is InChI=1S/C20H18Cl2N6OS/c1-12-23-24-18(29-12)11-30-20-26-25-19(13-5-4-6-14(9-13)27(2)3)28(20)15-7-8-16(21)17(22)10-15/h4-10H,11H2,1-3H3.